The van der Waals surface area contributed by atoms with Crippen LogP contribution in [0, 0.1) is 5.92 Å². The van der Waals surface area contributed by atoms with Gasteiger partial charge in [-0.1, -0.05) is 13.8 Å². The van der Waals surface area contributed by atoms with E-state index >= 15 is 0 Å². The van der Waals surface area contributed by atoms with E-state index < -0.39 is 0 Å². The monoisotopic (exact) mass is 251 g/mol. The normalized spacial score (nSPS) is 15.5. The second-order valence-electron chi connectivity index (χ2n) is 5.49. The first-order valence-electron chi connectivity index (χ1n) is 7.06. The minimum atomic E-state index is 0.509. The molecule has 0 radical (unpaired) electrons. The van der Waals surface area contributed by atoms with Gasteiger partial charge in [0, 0.05) is 38.5 Å². The van der Waals surface area contributed by atoms with E-state index in [2.05, 4.69) is 28.7 Å². The highest BCUT2D eigenvalue weighted by Crippen LogP contribution is 2.28. The van der Waals surface area contributed by atoms with Gasteiger partial charge in [0.25, 0.3) is 0 Å². The molecule has 0 atom stereocenters. The average molecular weight is 251 g/mol. The zero-order chi connectivity index (χ0) is 12.8. The van der Waals surface area contributed by atoms with E-state index in [1.165, 1.54) is 18.5 Å². The van der Waals surface area contributed by atoms with Crippen molar-refractivity contribution in [2.24, 2.45) is 5.92 Å². The standard InChI is InChI=1S/C14H25N3O/c1-12(2)16-9-14-8-15-11-17(14)6-3-7-18-10-13-4-5-13/h8,11-13,16H,3-7,9-10H2,1-2H3. The summed E-state index contributed by atoms with van der Waals surface area (Å²) in [6, 6.07) is 0.509. The largest absolute Gasteiger partial charge is 0.381 e. The number of rotatable bonds is 9. The third-order valence-electron chi connectivity index (χ3n) is 3.23. The van der Waals surface area contributed by atoms with Crippen molar-refractivity contribution in [3.05, 3.63) is 18.2 Å². The lowest BCUT2D eigenvalue weighted by Crippen LogP contribution is -2.23. The van der Waals surface area contributed by atoms with Gasteiger partial charge in [-0.15, -0.1) is 0 Å². The summed E-state index contributed by atoms with van der Waals surface area (Å²) in [5, 5.41) is 3.42. The Hall–Kier alpha value is -0.870. The van der Waals surface area contributed by atoms with E-state index in [4.69, 9.17) is 4.74 Å². The molecule has 0 amide bonds. The fourth-order valence-electron chi connectivity index (χ4n) is 1.88. The van der Waals surface area contributed by atoms with Crippen LogP contribution in [0.2, 0.25) is 0 Å². The Labute approximate surface area is 110 Å². The van der Waals surface area contributed by atoms with Gasteiger partial charge in [0.2, 0.25) is 0 Å². The molecule has 4 heteroatoms. The minimum absolute atomic E-state index is 0.509. The second kappa shape index (κ2) is 6.90. The van der Waals surface area contributed by atoms with Crippen LogP contribution < -0.4 is 5.32 Å². The van der Waals surface area contributed by atoms with Crippen LogP contribution in [0.5, 0.6) is 0 Å². The first kappa shape index (κ1) is 13.6. The van der Waals surface area contributed by atoms with E-state index in [0.717, 1.165) is 38.6 Å². The molecule has 1 aliphatic carbocycles. The fourth-order valence-corrected chi connectivity index (χ4v) is 1.88. The summed E-state index contributed by atoms with van der Waals surface area (Å²) in [5.41, 5.74) is 1.26. The van der Waals surface area contributed by atoms with Crippen LogP contribution in [0.3, 0.4) is 0 Å². The molecule has 1 aromatic heterocycles. The molecular weight excluding hydrogens is 226 g/mol. The van der Waals surface area contributed by atoms with E-state index in [0.29, 0.717) is 6.04 Å². The maximum Gasteiger partial charge on any atom is 0.0948 e. The van der Waals surface area contributed by atoms with E-state index in [1.807, 2.05) is 12.5 Å². The number of imidazole rings is 1. The third kappa shape index (κ3) is 4.78. The smallest absolute Gasteiger partial charge is 0.0948 e. The van der Waals surface area contributed by atoms with Gasteiger partial charge in [0.05, 0.1) is 12.0 Å². The van der Waals surface area contributed by atoms with Gasteiger partial charge < -0.3 is 14.6 Å². The van der Waals surface area contributed by atoms with Crippen LogP contribution in [-0.4, -0.2) is 28.8 Å². The van der Waals surface area contributed by atoms with Gasteiger partial charge >= 0.3 is 0 Å². The average Bonchev–Trinajstić information content (AvgIpc) is 3.05. The van der Waals surface area contributed by atoms with Crippen molar-refractivity contribution < 1.29 is 4.74 Å². The van der Waals surface area contributed by atoms with E-state index in [-0.39, 0.29) is 0 Å². The highest BCUT2D eigenvalue weighted by Gasteiger charge is 2.20. The molecular formula is C14H25N3O. The molecule has 1 heterocycles. The number of aromatic nitrogens is 2. The lowest BCUT2D eigenvalue weighted by molar-refractivity contribution is 0.119. The van der Waals surface area contributed by atoms with Crippen LogP contribution in [0.15, 0.2) is 12.5 Å². The van der Waals surface area contributed by atoms with Crippen molar-refractivity contribution in [1.29, 1.82) is 0 Å². The van der Waals surface area contributed by atoms with Crippen LogP contribution in [0.1, 0.15) is 38.8 Å². The molecule has 0 bridgehead atoms. The lowest BCUT2D eigenvalue weighted by Gasteiger charge is -2.11. The van der Waals surface area contributed by atoms with Crippen molar-refractivity contribution >= 4 is 0 Å². The summed E-state index contributed by atoms with van der Waals surface area (Å²) in [6.45, 7) is 8.04. The molecule has 0 spiro atoms. The molecule has 102 valence electrons. The molecule has 0 aromatic carbocycles. The van der Waals surface area contributed by atoms with Gasteiger partial charge in [0.1, 0.15) is 0 Å². The SMILES string of the molecule is CC(C)NCc1cncn1CCCOCC1CC1. The lowest BCUT2D eigenvalue weighted by atomic mass is 10.3. The molecule has 4 nitrogen and oxygen atoms in total. The van der Waals surface area contributed by atoms with Crippen molar-refractivity contribution in [3.8, 4) is 0 Å². The molecule has 1 aromatic rings. The Morgan fingerprint density at radius 3 is 3.06 bits per heavy atom. The van der Waals surface area contributed by atoms with E-state index in [1.54, 1.807) is 0 Å². The predicted octanol–water partition coefficient (Wildman–Crippen LogP) is 2.20. The third-order valence-corrected chi connectivity index (χ3v) is 3.23. The highest BCUT2D eigenvalue weighted by atomic mass is 16.5. The number of hydrogen-bond donors (Lipinski definition) is 1. The Kier molecular flexibility index (Phi) is 5.20. The van der Waals surface area contributed by atoms with Gasteiger partial charge in [-0.25, -0.2) is 4.98 Å². The van der Waals surface area contributed by atoms with Crippen molar-refractivity contribution in [1.82, 2.24) is 14.9 Å². The molecule has 1 aliphatic rings. The fraction of sp³-hybridized carbons (Fsp3) is 0.786. The predicted molar refractivity (Wildman–Crippen MR) is 72.4 cm³/mol. The Balaban J connectivity index is 1.63. The maximum atomic E-state index is 5.64. The summed E-state index contributed by atoms with van der Waals surface area (Å²) >= 11 is 0. The molecule has 1 saturated carbocycles. The van der Waals surface area contributed by atoms with Crippen LogP contribution >= 0.6 is 0 Å². The van der Waals surface area contributed by atoms with Crippen molar-refractivity contribution in [2.45, 2.75) is 52.2 Å². The Morgan fingerprint density at radius 1 is 1.50 bits per heavy atom. The Bertz CT molecular complexity index is 345. The minimum Gasteiger partial charge on any atom is -0.381 e. The van der Waals surface area contributed by atoms with Gasteiger partial charge in [-0.05, 0) is 25.2 Å². The summed E-state index contributed by atoms with van der Waals surface area (Å²) in [4.78, 5) is 4.22. The second-order valence-corrected chi connectivity index (χ2v) is 5.49. The first-order chi connectivity index (χ1) is 8.75. The maximum absolute atomic E-state index is 5.64. The van der Waals surface area contributed by atoms with Gasteiger partial charge in [-0.3, -0.25) is 0 Å². The number of aryl methyl sites for hydroxylation is 1. The van der Waals surface area contributed by atoms with Crippen molar-refractivity contribution in [2.75, 3.05) is 13.2 Å². The zero-order valence-corrected chi connectivity index (χ0v) is 11.6. The first-order valence-corrected chi connectivity index (χ1v) is 7.06. The van der Waals surface area contributed by atoms with Crippen LogP contribution in [0.25, 0.3) is 0 Å². The van der Waals surface area contributed by atoms with Crippen LogP contribution in [0.4, 0.5) is 0 Å². The molecule has 1 N–H and O–H groups in total. The van der Waals surface area contributed by atoms with Crippen molar-refractivity contribution in [3.63, 3.8) is 0 Å². The number of nitrogens with one attached hydrogen (secondary N) is 1. The Morgan fingerprint density at radius 2 is 2.33 bits per heavy atom. The molecule has 0 aliphatic heterocycles. The van der Waals surface area contributed by atoms with Crippen LogP contribution in [-0.2, 0) is 17.8 Å². The van der Waals surface area contributed by atoms with Gasteiger partial charge in [0.15, 0.2) is 0 Å². The number of ether oxygens (including phenoxy) is 1. The van der Waals surface area contributed by atoms with Gasteiger partial charge in [-0.2, -0.15) is 0 Å². The summed E-state index contributed by atoms with van der Waals surface area (Å²) in [6.07, 6.45) is 7.66. The topological polar surface area (TPSA) is 39.1 Å². The molecule has 0 saturated heterocycles. The number of hydrogen-bond acceptors (Lipinski definition) is 3. The summed E-state index contributed by atoms with van der Waals surface area (Å²) in [7, 11) is 0. The number of nitrogens with zero attached hydrogens (tertiary/aromatic N) is 2. The molecule has 2 rings (SSSR count). The zero-order valence-electron chi connectivity index (χ0n) is 11.6. The summed E-state index contributed by atoms with van der Waals surface area (Å²) in [5.74, 6) is 0.865. The molecule has 1 fully saturated rings. The van der Waals surface area contributed by atoms with E-state index in [9.17, 15) is 0 Å². The summed E-state index contributed by atoms with van der Waals surface area (Å²) < 4.78 is 7.86. The molecule has 18 heavy (non-hydrogen) atoms. The molecule has 0 unspecified atom stereocenters. The highest BCUT2D eigenvalue weighted by molar-refractivity contribution is 4.98. The quantitative estimate of drug-likeness (QED) is 0.684.